The van der Waals surface area contributed by atoms with Crippen LogP contribution in [-0.2, 0) is 0 Å². The first-order valence-electron chi connectivity index (χ1n) is 17.8. The van der Waals surface area contributed by atoms with Crippen LogP contribution in [0, 0.1) is 0 Å². The fourth-order valence-electron chi connectivity index (χ4n) is 7.79. The van der Waals surface area contributed by atoms with E-state index >= 15 is 0 Å². The van der Waals surface area contributed by atoms with Crippen LogP contribution >= 0.6 is 0 Å². The molecule has 7 heteroatoms. The highest BCUT2D eigenvalue weighted by molar-refractivity contribution is 6.21. The van der Waals surface area contributed by atoms with E-state index in [0.717, 1.165) is 104 Å². The van der Waals surface area contributed by atoms with Crippen molar-refractivity contribution < 1.29 is 0 Å². The van der Waals surface area contributed by atoms with Crippen molar-refractivity contribution in [1.82, 2.24) is 34.9 Å². The Labute approximate surface area is 308 Å². The molecule has 0 saturated heterocycles. The highest BCUT2D eigenvalue weighted by Crippen LogP contribution is 2.43. The average Bonchev–Trinajstić information content (AvgIpc) is 3.25. The summed E-state index contributed by atoms with van der Waals surface area (Å²) in [5.41, 5.74) is 10.7. The van der Waals surface area contributed by atoms with Crippen LogP contribution in [-0.4, -0.2) is 34.9 Å². The van der Waals surface area contributed by atoms with Crippen LogP contribution in [0.2, 0.25) is 0 Å². The van der Waals surface area contributed by atoms with Gasteiger partial charge in [0, 0.05) is 38.9 Å². The van der Waals surface area contributed by atoms with Gasteiger partial charge in [-0.15, -0.1) is 0 Å². The first kappa shape index (κ1) is 30.1. The van der Waals surface area contributed by atoms with Crippen LogP contribution < -0.4 is 0 Å². The van der Waals surface area contributed by atoms with Gasteiger partial charge in [0.1, 0.15) is 18.3 Å². The molecular formula is C47H27N7. The average molecular weight is 690 g/mol. The minimum atomic E-state index is 0.558. The van der Waals surface area contributed by atoms with E-state index in [1.165, 1.54) is 12.7 Å². The highest BCUT2D eigenvalue weighted by atomic mass is 15.0. The summed E-state index contributed by atoms with van der Waals surface area (Å²) in [5.74, 6) is 0.558. The second kappa shape index (κ2) is 12.0. The lowest BCUT2D eigenvalue weighted by Crippen LogP contribution is -1.95. The Morgan fingerprint density at radius 1 is 0.352 bits per heavy atom. The SMILES string of the molecule is c1cnc2c(c1)ccc1ccc(-c3c4ccccc4c(-c4ccc5cc(-c6ccc7nc(-c8ncncn8)ccc7c6)ccc5n4)c4ccccc34)nc12. The molecule has 54 heavy (non-hydrogen) atoms. The van der Waals surface area contributed by atoms with E-state index in [1.807, 2.05) is 24.4 Å². The fraction of sp³-hybridized carbons (Fsp3) is 0. The molecule has 11 rings (SSSR count). The minimum Gasteiger partial charge on any atom is -0.254 e. The summed E-state index contributed by atoms with van der Waals surface area (Å²) in [6.07, 6.45) is 4.81. The van der Waals surface area contributed by atoms with Gasteiger partial charge in [0.25, 0.3) is 0 Å². The van der Waals surface area contributed by atoms with Gasteiger partial charge >= 0.3 is 0 Å². The largest absolute Gasteiger partial charge is 0.254 e. The standard InChI is InChI=1S/C47H27N7/c1-3-9-36-34(7-1)43(35-8-2-4-10-37(35)44(36)41-20-13-29-12-11-28-6-5-23-49-45(28)46(29)54-41)40-21-16-32-24-30(14-18-38(32)52-40)31-15-19-39-33(25-31)17-22-42(53-39)47-50-26-48-27-51-47/h1-27H. The molecule has 5 heterocycles. The van der Waals surface area contributed by atoms with Gasteiger partial charge in [-0.05, 0) is 81.2 Å². The molecule has 0 unspecified atom stereocenters. The zero-order chi connectivity index (χ0) is 35.6. The number of nitrogens with zero attached hydrogens (tertiary/aromatic N) is 7. The lowest BCUT2D eigenvalue weighted by Gasteiger charge is -2.17. The normalized spacial score (nSPS) is 11.7. The zero-order valence-corrected chi connectivity index (χ0v) is 28.7. The van der Waals surface area contributed by atoms with E-state index in [2.05, 4.69) is 142 Å². The summed E-state index contributed by atoms with van der Waals surface area (Å²) in [7, 11) is 0. The van der Waals surface area contributed by atoms with E-state index in [0.29, 0.717) is 5.82 Å². The Balaban J connectivity index is 1.03. The van der Waals surface area contributed by atoms with Gasteiger partial charge in [0.15, 0.2) is 5.82 Å². The quantitative estimate of drug-likeness (QED) is 0.134. The summed E-state index contributed by atoms with van der Waals surface area (Å²) in [5, 5.41) is 8.81. The number of hydrogen-bond donors (Lipinski definition) is 0. The maximum atomic E-state index is 5.30. The predicted molar refractivity (Wildman–Crippen MR) is 218 cm³/mol. The number of pyridine rings is 4. The monoisotopic (exact) mass is 689 g/mol. The maximum Gasteiger partial charge on any atom is 0.181 e. The second-order valence-corrected chi connectivity index (χ2v) is 13.4. The molecule has 0 atom stereocenters. The molecule has 0 N–H and O–H groups in total. The number of hydrogen-bond acceptors (Lipinski definition) is 7. The maximum absolute atomic E-state index is 5.30. The van der Waals surface area contributed by atoms with Gasteiger partial charge in [-0.3, -0.25) is 4.98 Å². The van der Waals surface area contributed by atoms with E-state index in [1.54, 1.807) is 0 Å². The molecule has 0 amide bonds. The van der Waals surface area contributed by atoms with Gasteiger partial charge in [-0.2, -0.15) is 0 Å². The Hall–Kier alpha value is -7.51. The molecule has 0 fully saturated rings. The lowest BCUT2D eigenvalue weighted by molar-refractivity contribution is 1.05. The molecule has 0 saturated carbocycles. The lowest BCUT2D eigenvalue weighted by atomic mass is 9.88. The third-order valence-corrected chi connectivity index (χ3v) is 10.3. The van der Waals surface area contributed by atoms with Crippen molar-refractivity contribution in [2.24, 2.45) is 0 Å². The van der Waals surface area contributed by atoms with Gasteiger partial charge in [0.05, 0.1) is 33.5 Å². The van der Waals surface area contributed by atoms with Crippen LogP contribution in [0.15, 0.2) is 164 Å². The summed E-state index contributed by atoms with van der Waals surface area (Å²) >= 11 is 0. The molecule has 11 aromatic rings. The third-order valence-electron chi connectivity index (χ3n) is 10.3. The Bertz CT molecular complexity index is 3230. The fourth-order valence-corrected chi connectivity index (χ4v) is 7.79. The third kappa shape index (κ3) is 4.87. The molecule has 6 aromatic carbocycles. The molecule has 250 valence electrons. The Morgan fingerprint density at radius 3 is 1.46 bits per heavy atom. The van der Waals surface area contributed by atoms with E-state index in [-0.39, 0.29) is 0 Å². The van der Waals surface area contributed by atoms with Crippen LogP contribution in [0.3, 0.4) is 0 Å². The molecule has 0 aliphatic heterocycles. The summed E-state index contributed by atoms with van der Waals surface area (Å²) < 4.78 is 0. The Kier molecular flexibility index (Phi) is 6.72. The van der Waals surface area contributed by atoms with Crippen LogP contribution in [0.5, 0.6) is 0 Å². The van der Waals surface area contributed by atoms with Crippen molar-refractivity contribution in [3.63, 3.8) is 0 Å². The highest BCUT2D eigenvalue weighted by Gasteiger charge is 2.19. The smallest absolute Gasteiger partial charge is 0.181 e. The molecular weight excluding hydrogens is 663 g/mol. The summed E-state index contributed by atoms with van der Waals surface area (Å²) in [6.45, 7) is 0. The van der Waals surface area contributed by atoms with Crippen molar-refractivity contribution in [2.45, 2.75) is 0 Å². The van der Waals surface area contributed by atoms with E-state index in [4.69, 9.17) is 19.9 Å². The molecule has 7 nitrogen and oxygen atoms in total. The van der Waals surface area contributed by atoms with E-state index in [9.17, 15) is 0 Å². The van der Waals surface area contributed by atoms with Gasteiger partial charge in [-0.25, -0.2) is 29.9 Å². The molecule has 5 aromatic heterocycles. The molecule has 0 aliphatic rings. The number of fused-ring (bicyclic) bond motifs is 7. The van der Waals surface area contributed by atoms with Crippen LogP contribution in [0.25, 0.3) is 110 Å². The van der Waals surface area contributed by atoms with Crippen molar-refractivity contribution in [1.29, 1.82) is 0 Å². The van der Waals surface area contributed by atoms with Crippen molar-refractivity contribution in [2.75, 3.05) is 0 Å². The minimum absolute atomic E-state index is 0.558. The zero-order valence-electron chi connectivity index (χ0n) is 28.7. The van der Waals surface area contributed by atoms with Gasteiger partial charge in [0.2, 0.25) is 0 Å². The first-order valence-corrected chi connectivity index (χ1v) is 17.8. The first-order chi connectivity index (χ1) is 26.7. The summed E-state index contributed by atoms with van der Waals surface area (Å²) in [6, 6.07) is 51.0. The Morgan fingerprint density at radius 2 is 0.852 bits per heavy atom. The van der Waals surface area contributed by atoms with Crippen molar-refractivity contribution >= 4 is 65.2 Å². The predicted octanol–water partition coefficient (Wildman–Crippen LogP) is 11.0. The van der Waals surface area contributed by atoms with E-state index < -0.39 is 0 Å². The van der Waals surface area contributed by atoms with Crippen molar-refractivity contribution in [3.8, 4) is 45.2 Å². The number of benzene rings is 6. The van der Waals surface area contributed by atoms with Crippen LogP contribution in [0.4, 0.5) is 0 Å². The van der Waals surface area contributed by atoms with Crippen LogP contribution in [0.1, 0.15) is 0 Å². The van der Waals surface area contributed by atoms with Gasteiger partial charge in [-0.1, -0.05) is 97.1 Å². The molecule has 0 aliphatic carbocycles. The molecule has 0 bridgehead atoms. The second-order valence-electron chi connectivity index (χ2n) is 13.4. The van der Waals surface area contributed by atoms with Gasteiger partial charge < -0.3 is 0 Å². The van der Waals surface area contributed by atoms with Crippen molar-refractivity contribution in [3.05, 3.63) is 164 Å². The topological polar surface area (TPSA) is 90.2 Å². The molecule has 0 spiro atoms. The summed E-state index contributed by atoms with van der Waals surface area (Å²) in [4.78, 5) is 32.5. The molecule has 0 radical (unpaired) electrons. The number of rotatable bonds is 4. The number of aromatic nitrogens is 7.